The maximum atomic E-state index is 13.1. The Bertz CT molecular complexity index is 1830. The summed E-state index contributed by atoms with van der Waals surface area (Å²) in [7, 11) is -3.75. The normalized spacial score (nSPS) is 20.8. The number of H-pyrrole nitrogens is 1. The van der Waals surface area contributed by atoms with Crippen LogP contribution < -0.4 is 5.73 Å². The van der Waals surface area contributed by atoms with Crippen molar-refractivity contribution in [3.8, 4) is 16.9 Å². The molecular weight excluding hydrogens is 534 g/mol. The molecule has 2 unspecified atom stereocenters. The number of nitrogen functional groups attached to an aromatic ring is 1. The quantitative estimate of drug-likeness (QED) is 0.321. The van der Waals surface area contributed by atoms with Crippen molar-refractivity contribution < 1.29 is 13.2 Å². The van der Waals surface area contributed by atoms with Gasteiger partial charge in [0.2, 0.25) is 5.82 Å². The van der Waals surface area contributed by atoms with Gasteiger partial charge in [0.05, 0.1) is 18.1 Å². The number of piperidine rings is 1. The zero-order valence-corrected chi connectivity index (χ0v) is 22.2. The van der Waals surface area contributed by atoms with Crippen LogP contribution in [-0.4, -0.2) is 82.1 Å². The summed E-state index contributed by atoms with van der Waals surface area (Å²) in [5.74, 6) is 0.453. The number of pyridine rings is 1. The highest BCUT2D eigenvalue weighted by Crippen LogP contribution is 2.45. The summed E-state index contributed by atoms with van der Waals surface area (Å²) in [6, 6.07) is 5.39. The predicted molar refractivity (Wildman–Crippen MR) is 142 cm³/mol. The summed E-state index contributed by atoms with van der Waals surface area (Å²) in [5.41, 5.74) is 8.74. The number of aromatic nitrogens is 9. The molecule has 0 radical (unpaired) electrons. The average Bonchev–Trinajstić information content (AvgIpc) is 3.74. The molecule has 14 nitrogen and oxygen atoms in total. The largest absolute Gasteiger partial charge is 0.382 e. The van der Waals surface area contributed by atoms with E-state index in [1.54, 1.807) is 23.3 Å². The number of carbonyl (C=O) groups excluding carboxylic acids is 1. The van der Waals surface area contributed by atoms with Gasteiger partial charge in [-0.25, -0.2) is 28.1 Å². The van der Waals surface area contributed by atoms with Gasteiger partial charge in [-0.1, -0.05) is 6.07 Å². The summed E-state index contributed by atoms with van der Waals surface area (Å²) in [6.45, 7) is 0. The third kappa shape index (κ3) is 3.84. The van der Waals surface area contributed by atoms with Crippen LogP contribution in [0.15, 0.2) is 54.2 Å². The predicted octanol–water partition coefficient (Wildman–Crippen LogP) is 1.63. The number of hydrogen-bond donors (Lipinski definition) is 2. The molecule has 5 aromatic rings. The molecule has 7 heterocycles. The molecule has 2 aliphatic heterocycles. The molecule has 1 amide bonds. The highest BCUT2D eigenvalue weighted by atomic mass is 32.2. The molecule has 0 aliphatic carbocycles. The maximum absolute atomic E-state index is 13.1. The molecule has 40 heavy (non-hydrogen) atoms. The van der Waals surface area contributed by atoms with Crippen molar-refractivity contribution in [2.45, 2.75) is 48.6 Å². The zero-order valence-electron chi connectivity index (χ0n) is 21.4. The number of fused-ring (bicyclic) bond motifs is 3. The van der Waals surface area contributed by atoms with E-state index in [0.29, 0.717) is 35.6 Å². The lowest BCUT2D eigenvalue weighted by atomic mass is 9.87. The van der Waals surface area contributed by atoms with Gasteiger partial charge >= 0.3 is 0 Å². The molecule has 2 atom stereocenters. The smallest absolute Gasteiger partial charge is 0.291 e. The zero-order chi connectivity index (χ0) is 27.6. The number of amides is 1. The highest BCUT2D eigenvalue weighted by molar-refractivity contribution is 7.91. The van der Waals surface area contributed by atoms with Crippen LogP contribution in [0.25, 0.3) is 22.6 Å². The molecule has 2 saturated heterocycles. The summed E-state index contributed by atoms with van der Waals surface area (Å²) in [5, 5.41) is 15.3. The van der Waals surface area contributed by atoms with Crippen LogP contribution in [0, 0.1) is 0 Å². The van der Waals surface area contributed by atoms with Crippen molar-refractivity contribution >= 4 is 27.2 Å². The monoisotopic (exact) mass is 559 g/mol. The topological polar surface area (TPSA) is 183 Å². The Kier molecular flexibility index (Phi) is 5.45. The second-order valence-corrected chi connectivity index (χ2v) is 12.2. The van der Waals surface area contributed by atoms with E-state index in [-0.39, 0.29) is 40.4 Å². The first-order chi connectivity index (χ1) is 19.3. The molecule has 2 bridgehead atoms. The average molecular weight is 560 g/mol. The summed E-state index contributed by atoms with van der Waals surface area (Å²) < 4.78 is 29.1. The van der Waals surface area contributed by atoms with Crippen LogP contribution in [0.5, 0.6) is 0 Å². The Morgan fingerprint density at radius 1 is 1.10 bits per heavy atom. The lowest BCUT2D eigenvalue weighted by molar-refractivity contribution is 0.0556. The molecule has 15 heteroatoms. The minimum absolute atomic E-state index is 0.0124. The summed E-state index contributed by atoms with van der Waals surface area (Å²) in [6.07, 6.45) is 12.0. The first-order valence-electron chi connectivity index (χ1n) is 12.8. The van der Waals surface area contributed by atoms with Gasteiger partial charge < -0.3 is 10.6 Å². The fourth-order valence-corrected chi connectivity index (χ4v) is 7.18. The lowest BCUT2D eigenvalue weighted by Gasteiger charge is -2.38. The number of nitrogens with zero attached hydrogens (tertiary/aromatic N) is 9. The van der Waals surface area contributed by atoms with Gasteiger partial charge in [0, 0.05) is 47.8 Å². The molecule has 2 aliphatic rings. The van der Waals surface area contributed by atoms with E-state index in [1.807, 2.05) is 29.3 Å². The van der Waals surface area contributed by atoms with Crippen molar-refractivity contribution in [1.29, 1.82) is 0 Å². The minimum Gasteiger partial charge on any atom is -0.382 e. The molecule has 204 valence electrons. The Balaban J connectivity index is 1.30. The molecule has 0 saturated carbocycles. The van der Waals surface area contributed by atoms with Crippen molar-refractivity contribution in [3.63, 3.8) is 0 Å². The van der Waals surface area contributed by atoms with E-state index in [9.17, 15) is 13.2 Å². The fraction of sp³-hybridized carbons (Fsp3) is 0.320. The van der Waals surface area contributed by atoms with E-state index in [1.165, 1.54) is 10.8 Å². The fourth-order valence-electron chi connectivity index (χ4n) is 6.12. The van der Waals surface area contributed by atoms with Crippen LogP contribution in [-0.2, 0) is 9.84 Å². The molecule has 5 aromatic heterocycles. The minimum atomic E-state index is -3.75. The van der Waals surface area contributed by atoms with E-state index >= 15 is 0 Å². The van der Waals surface area contributed by atoms with E-state index in [4.69, 9.17) is 10.7 Å². The third-order valence-corrected chi connectivity index (χ3v) is 8.94. The van der Waals surface area contributed by atoms with Crippen molar-refractivity contribution in [2.24, 2.45) is 0 Å². The van der Waals surface area contributed by atoms with Crippen LogP contribution in [0.1, 0.15) is 47.9 Å². The van der Waals surface area contributed by atoms with Crippen LogP contribution in [0.2, 0.25) is 0 Å². The Morgan fingerprint density at radius 2 is 1.90 bits per heavy atom. The van der Waals surface area contributed by atoms with Crippen molar-refractivity contribution in [1.82, 2.24) is 49.4 Å². The molecule has 3 N–H and O–H groups in total. The molecule has 0 spiro atoms. The van der Waals surface area contributed by atoms with Gasteiger partial charge in [0.25, 0.3) is 5.91 Å². The standard InChI is InChI=1S/C25H25N11O3S/c1-40(38,39)21-20(14-8-16-5-6-17(9-14)35(16)25(37)23-28-13-29-33-23)32-24-18(11-31-36(24)22(21)26)15-10-30-34(12-15)19-4-2-3-7-27-19/h2-4,7,10-14,16-17H,5-6,8-9,26H2,1H3,(H,28,29,33). The van der Waals surface area contributed by atoms with E-state index < -0.39 is 9.84 Å². The van der Waals surface area contributed by atoms with Gasteiger partial charge in [-0.05, 0) is 37.8 Å². The second kappa shape index (κ2) is 8.94. The Morgan fingerprint density at radius 3 is 2.58 bits per heavy atom. The molecule has 2 fully saturated rings. The van der Waals surface area contributed by atoms with Crippen LogP contribution in [0.3, 0.4) is 0 Å². The van der Waals surface area contributed by atoms with Gasteiger partial charge in [-0.3, -0.25) is 9.89 Å². The number of carbonyl (C=O) groups is 1. The first-order valence-corrected chi connectivity index (χ1v) is 14.7. The van der Waals surface area contributed by atoms with Gasteiger partial charge in [0.1, 0.15) is 17.0 Å². The van der Waals surface area contributed by atoms with E-state index in [0.717, 1.165) is 24.7 Å². The molecule has 7 rings (SSSR count). The second-order valence-electron chi connectivity index (χ2n) is 10.2. The number of anilines is 1. The van der Waals surface area contributed by atoms with Gasteiger partial charge in [-0.2, -0.15) is 19.8 Å². The maximum Gasteiger partial charge on any atom is 0.291 e. The van der Waals surface area contributed by atoms with Gasteiger partial charge in [0.15, 0.2) is 21.3 Å². The van der Waals surface area contributed by atoms with Crippen molar-refractivity contribution in [3.05, 3.63) is 60.8 Å². The SMILES string of the molecule is CS(=O)(=O)c1c(C2CC3CCC(C2)N3C(=O)c2ncn[nH]2)nc2c(-c3cnn(-c4ccccn4)c3)cnn2c1N. The number of nitrogens with two attached hydrogens (primary N) is 1. The number of nitrogens with one attached hydrogen (secondary N) is 1. The third-order valence-electron chi connectivity index (χ3n) is 7.78. The summed E-state index contributed by atoms with van der Waals surface area (Å²) in [4.78, 5) is 28.2. The van der Waals surface area contributed by atoms with Crippen LogP contribution in [0.4, 0.5) is 5.82 Å². The molecule has 0 aromatic carbocycles. The molecular formula is C25H25N11O3S. The Labute approximate surface area is 228 Å². The van der Waals surface area contributed by atoms with Gasteiger partial charge in [-0.15, -0.1) is 0 Å². The Hall–Kier alpha value is -4.66. The number of aromatic amines is 1. The van der Waals surface area contributed by atoms with E-state index in [2.05, 4.69) is 30.4 Å². The highest BCUT2D eigenvalue weighted by Gasteiger charge is 2.46. The lowest BCUT2D eigenvalue weighted by Crippen LogP contribution is -2.46. The number of hydrogen-bond acceptors (Lipinski definition) is 10. The van der Waals surface area contributed by atoms with Crippen LogP contribution >= 0.6 is 0 Å². The summed E-state index contributed by atoms with van der Waals surface area (Å²) >= 11 is 0. The first kappa shape index (κ1) is 24.4. The number of rotatable bonds is 5. The number of sulfone groups is 1. The van der Waals surface area contributed by atoms with Crippen molar-refractivity contribution in [2.75, 3.05) is 12.0 Å².